The Kier molecular flexibility index (Phi) is 4.94. The van der Waals surface area contributed by atoms with Gasteiger partial charge >= 0.3 is 0 Å². The van der Waals surface area contributed by atoms with Crippen molar-refractivity contribution in [2.45, 2.75) is 25.7 Å². The zero-order valence-electron chi connectivity index (χ0n) is 17.4. The summed E-state index contributed by atoms with van der Waals surface area (Å²) in [6.07, 6.45) is 3.05. The van der Waals surface area contributed by atoms with Crippen LogP contribution in [-0.2, 0) is 22.4 Å². The lowest BCUT2D eigenvalue weighted by Gasteiger charge is -2.18. The molecule has 2 aliphatic rings. The Bertz CT molecular complexity index is 1140. The summed E-state index contributed by atoms with van der Waals surface area (Å²) in [6.45, 7) is 0.347. The Labute approximate surface area is 180 Å². The quantitative estimate of drug-likeness (QED) is 0.692. The van der Waals surface area contributed by atoms with Crippen LogP contribution in [0.1, 0.15) is 24.1 Å². The van der Waals surface area contributed by atoms with Crippen LogP contribution in [0, 0.1) is 5.92 Å². The number of aromatic nitrogens is 2. The van der Waals surface area contributed by atoms with E-state index in [0.29, 0.717) is 12.3 Å². The molecule has 1 atom stereocenters. The second kappa shape index (κ2) is 7.91. The average Bonchev–Trinajstić information content (AvgIpc) is 3.50. The van der Waals surface area contributed by atoms with Crippen molar-refractivity contribution in [3.05, 3.63) is 65.9 Å². The van der Waals surface area contributed by atoms with Gasteiger partial charge in [0.25, 0.3) is 0 Å². The van der Waals surface area contributed by atoms with Crippen LogP contribution in [0.3, 0.4) is 0 Å². The number of fused-ring (bicyclic) bond motifs is 1. The number of aryl methyl sites for hydroxylation is 1. The first-order valence-corrected chi connectivity index (χ1v) is 10.6. The van der Waals surface area contributed by atoms with E-state index >= 15 is 0 Å². The second-order valence-electron chi connectivity index (χ2n) is 7.97. The van der Waals surface area contributed by atoms with Crippen molar-refractivity contribution in [3.63, 3.8) is 0 Å². The number of para-hydroxylation sites is 1. The third kappa shape index (κ3) is 3.56. The van der Waals surface area contributed by atoms with Crippen molar-refractivity contribution < 1.29 is 14.3 Å². The highest BCUT2D eigenvalue weighted by Crippen LogP contribution is 2.33. The minimum atomic E-state index is -0.421. The highest BCUT2D eigenvalue weighted by atomic mass is 16.5. The third-order valence-corrected chi connectivity index (χ3v) is 6.01. The van der Waals surface area contributed by atoms with Gasteiger partial charge in [-0.2, -0.15) is 5.10 Å². The van der Waals surface area contributed by atoms with E-state index in [0.717, 1.165) is 47.7 Å². The Morgan fingerprint density at radius 3 is 2.71 bits per heavy atom. The number of hydrogen-bond acceptors (Lipinski definition) is 4. The van der Waals surface area contributed by atoms with Gasteiger partial charge in [0, 0.05) is 30.3 Å². The molecule has 1 aromatic heterocycles. The highest BCUT2D eigenvalue weighted by molar-refractivity contribution is 6.03. The molecule has 1 saturated heterocycles. The standard InChI is InChI=1S/C24H24N4O3/c1-31-19-10-5-9-18(14-19)27-15-16(13-22(27)29)24(30)25-23-20-11-6-12-21(20)26-28(23)17-7-3-2-4-8-17/h2-5,7-10,14,16H,6,11-13,15H2,1H3,(H,25,30). The molecule has 5 rings (SSSR count). The zero-order chi connectivity index (χ0) is 21.4. The third-order valence-electron chi connectivity index (χ3n) is 6.01. The number of rotatable bonds is 5. The largest absolute Gasteiger partial charge is 0.497 e. The van der Waals surface area contributed by atoms with Gasteiger partial charge < -0.3 is 15.0 Å². The van der Waals surface area contributed by atoms with Gasteiger partial charge in [0.2, 0.25) is 11.8 Å². The lowest BCUT2D eigenvalue weighted by Crippen LogP contribution is -2.29. The maximum Gasteiger partial charge on any atom is 0.230 e. The van der Waals surface area contributed by atoms with Gasteiger partial charge in [-0.1, -0.05) is 24.3 Å². The van der Waals surface area contributed by atoms with Crippen molar-refractivity contribution in [2.24, 2.45) is 5.92 Å². The number of amides is 2. The number of ether oxygens (including phenoxy) is 1. The molecule has 1 aliphatic carbocycles. The summed E-state index contributed by atoms with van der Waals surface area (Å²) in [7, 11) is 1.59. The first-order valence-electron chi connectivity index (χ1n) is 10.6. The molecule has 1 N–H and O–H groups in total. The number of carbonyl (C=O) groups is 2. The molecule has 3 aromatic rings. The number of benzene rings is 2. The summed E-state index contributed by atoms with van der Waals surface area (Å²) in [4.78, 5) is 27.5. The van der Waals surface area contributed by atoms with E-state index in [1.807, 2.05) is 59.3 Å². The topological polar surface area (TPSA) is 76.5 Å². The summed E-state index contributed by atoms with van der Waals surface area (Å²) in [6, 6.07) is 17.2. The second-order valence-corrected chi connectivity index (χ2v) is 7.97. The van der Waals surface area contributed by atoms with E-state index in [4.69, 9.17) is 9.84 Å². The van der Waals surface area contributed by atoms with Gasteiger partial charge in [0.15, 0.2) is 0 Å². The molecule has 158 valence electrons. The predicted molar refractivity (Wildman–Crippen MR) is 118 cm³/mol. The highest BCUT2D eigenvalue weighted by Gasteiger charge is 2.36. The number of nitrogens with one attached hydrogen (secondary N) is 1. The maximum absolute atomic E-state index is 13.2. The molecule has 7 heteroatoms. The molecule has 2 heterocycles. The Hall–Kier alpha value is -3.61. The van der Waals surface area contributed by atoms with Crippen LogP contribution in [0.2, 0.25) is 0 Å². The van der Waals surface area contributed by atoms with Crippen LogP contribution in [0.15, 0.2) is 54.6 Å². The Balaban J connectivity index is 1.38. The summed E-state index contributed by atoms with van der Waals surface area (Å²) < 4.78 is 7.08. The molecule has 2 amide bonds. The lowest BCUT2D eigenvalue weighted by atomic mass is 10.1. The van der Waals surface area contributed by atoms with Crippen LogP contribution < -0.4 is 15.0 Å². The normalized spacial score (nSPS) is 17.6. The van der Waals surface area contributed by atoms with Crippen LogP contribution in [0.5, 0.6) is 5.75 Å². The van der Waals surface area contributed by atoms with Crippen LogP contribution in [0.4, 0.5) is 11.5 Å². The van der Waals surface area contributed by atoms with E-state index < -0.39 is 5.92 Å². The number of anilines is 2. The monoisotopic (exact) mass is 416 g/mol. The molecule has 31 heavy (non-hydrogen) atoms. The van der Waals surface area contributed by atoms with E-state index in [9.17, 15) is 9.59 Å². The molecule has 0 spiro atoms. The molecule has 1 fully saturated rings. The summed E-state index contributed by atoms with van der Waals surface area (Å²) >= 11 is 0. The van der Waals surface area contributed by atoms with Gasteiger partial charge in [0.1, 0.15) is 11.6 Å². The van der Waals surface area contributed by atoms with Crippen molar-refractivity contribution in [1.82, 2.24) is 9.78 Å². The number of carbonyl (C=O) groups excluding carboxylic acids is 2. The molecule has 1 unspecified atom stereocenters. The van der Waals surface area contributed by atoms with Crippen molar-refractivity contribution in [2.75, 3.05) is 23.9 Å². The van der Waals surface area contributed by atoms with Gasteiger partial charge in [-0.15, -0.1) is 0 Å². The minimum Gasteiger partial charge on any atom is -0.497 e. The zero-order valence-corrected chi connectivity index (χ0v) is 17.4. The molecule has 1 aliphatic heterocycles. The van der Waals surface area contributed by atoms with Crippen molar-refractivity contribution >= 4 is 23.3 Å². The first-order chi connectivity index (χ1) is 15.1. The molecule has 0 bridgehead atoms. The maximum atomic E-state index is 13.2. The van der Waals surface area contributed by atoms with Crippen molar-refractivity contribution in [1.29, 1.82) is 0 Å². The van der Waals surface area contributed by atoms with Gasteiger partial charge in [0.05, 0.1) is 24.4 Å². The van der Waals surface area contributed by atoms with Crippen LogP contribution in [-0.4, -0.2) is 35.2 Å². The summed E-state index contributed by atoms with van der Waals surface area (Å²) in [5.74, 6) is 0.784. The molecular formula is C24H24N4O3. The fourth-order valence-corrected chi connectivity index (χ4v) is 4.41. The lowest BCUT2D eigenvalue weighted by molar-refractivity contribution is -0.122. The van der Waals surface area contributed by atoms with Gasteiger partial charge in [-0.25, -0.2) is 4.68 Å². The minimum absolute atomic E-state index is 0.0600. The van der Waals surface area contributed by atoms with Gasteiger partial charge in [-0.05, 0) is 43.5 Å². The van der Waals surface area contributed by atoms with Gasteiger partial charge in [-0.3, -0.25) is 9.59 Å². The Morgan fingerprint density at radius 1 is 1.10 bits per heavy atom. The molecular weight excluding hydrogens is 392 g/mol. The smallest absolute Gasteiger partial charge is 0.230 e. The number of nitrogens with zero attached hydrogens (tertiary/aromatic N) is 3. The number of hydrogen-bond donors (Lipinski definition) is 1. The average molecular weight is 416 g/mol. The molecule has 7 nitrogen and oxygen atoms in total. The first kappa shape index (κ1) is 19.4. The molecule has 0 radical (unpaired) electrons. The van der Waals surface area contributed by atoms with E-state index in [2.05, 4.69) is 5.32 Å². The summed E-state index contributed by atoms with van der Waals surface area (Å²) in [5, 5.41) is 7.85. The van der Waals surface area contributed by atoms with E-state index in [-0.39, 0.29) is 18.2 Å². The van der Waals surface area contributed by atoms with Crippen LogP contribution in [0.25, 0.3) is 5.69 Å². The molecule has 2 aromatic carbocycles. The molecule has 0 saturated carbocycles. The fourth-order valence-electron chi connectivity index (χ4n) is 4.41. The van der Waals surface area contributed by atoms with E-state index in [1.54, 1.807) is 12.0 Å². The SMILES string of the molecule is COc1cccc(N2CC(C(=O)Nc3c4c(nn3-c3ccccc3)CCC4)CC2=O)c1. The number of methoxy groups -OCH3 is 1. The van der Waals surface area contributed by atoms with E-state index in [1.165, 1.54) is 0 Å². The van der Waals surface area contributed by atoms with Crippen molar-refractivity contribution in [3.8, 4) is 11.4 Å². The summed E-state index contributed by atoms with van der Waals surface area (Å²) in [5.41, 5.74) is 3.80. The Morgan fingerprint density at radius 2 is 1.90 bits per heavy atom. The predicted octanol–water partition coefficient (Wildman–Crippen LogP) is 3.36. The fraction of sp³-hybridized carbons (Fsp3) is 0.292. The van der Waals surface area contributed by atoms with Crippen LogP contribution >= 0.6 is 0 Å².